The van der Waals surface area contributed by atoms with Gasteiger partial charge in [-0.1, -0.05) is 133 Å². The fourth-order valence-electron chi connectivity index (χ4n) is 7.66. The maximum atomic E-state index is 3.90. The Labute approximate surface area is 294 Å². The molecule has 3 heterocycles. The molecule has 1 aliphatic heterocycles. The van der Waals surface area contributed by atoms with Crippen LogP contribution in [0, 0.1) is 0 Å². The van der Waals surface area contributed by atoms with Gasteiger partial charge in [0.25, 0.3) is 0 Å². The minimum Gasteiger partial charge on any atom is -0.309 e. The van der Waals surface area contributed by atoms with E-state index in [1.165, 1.54) is 69.8 Å². The van der Waals surface area contributed by atoms with Crippen molar-refractivity contribution in [2.45, 2.75) is 18.5 Å². The lowest BCUT2D eigenvalue weighted by Gasteiger charge is -2.39. The average Bonchev–Trinajstić information content (AvgIpc) is 3.73. The molecule has 3 N–H and O–H groups in total. The van der Waals surface area contributed by atoms with Crippen LogP contribution in [0.4, 0.5) is 0 Å². The SMILES string of the molecule is c1ccc(-c2ccc3c4ccccc4n(-c4ccc(C5NC(c6ccccc6)NC(c6ccc7c(c6)sc6ccccc67)N5)cc4)c3c2)cc1. The maximum Gasteiger partial charge on any atom is 0.0865 e. The Balaban J connectivity index is 1.03. The summed E-state index contributed by atoms with van der Waals surface area (Å²) >= 11 is 1.86. The highest BCUT2D eigenvalue weighted by atomic mass is 32.1. The first-order valence-electron chi connectivity index (χ1n) is 17.2. The monoisotopic (exact) mass is 662 g/mol. The van der Waals surface area contributed by atoms with Crippen molar-refractivity contribution >= 4 is 53.3 Å². The zero-order valence-electron chi connectivity index (χ0n) is 27.3. The second-order valence-corrected chi connectivity index (χ2v) is 14.2. The third-order valence-electron chi connectivity index (χ3n) is 10.1. The van der Waals surface area contributed by atoms with Gasteiger partial charge < -0.3 is 4.57 Å². The van der Waals surface area contributed by atoms with Crippen molar-refractivity contribution in [2.75, 3.05) is 0 Å². The van der Waals surface area contributed by atoms with Crippen molar-refractivity contribution < 1.29 is 0 Å². The molecule has 9 aromatic rings. The zero-order chi connectivity index (χ0) is 33.0. The molecule has 0 bridgehead atoms. The van der Waals surface area contributed by atoms with Crippen LogP contribution in [-0.4, -0.2) is 4.57 Å². The van der Waals surface area contributed by atoms with Gasteiger partial charge in [0.15, 0.2) is 0 Å². The molecule has 7 aromatic carbocycles. The Morgan fingerprint density at radius 3 is 1.72 bits per heavy atom. The van der Waals surface area contributed by atoms with Gasteiger partial charge >= 0.3 is 0 Å². The molecular weight excluding hydrogens is 629 g/mol. The van der Waals surface area contributed by atoms with Crippen molar-refractivity contribution in [3.8, 4) is 16.8 Å². The first-order valence-corrected chi connectivity index (χ1v) is 18.0. The highest BCUT2D eigenvalue weighted by Gasteiger charge is 2.30. The van der Waals surface area contributed by atoms with Crippen LogP contribution in [0.15, 0.2) is 170 Å². The van der Waals surface area contributed by atoms with E-state index in [4.69, 9.17) is 0 Å². The molecule has 2 aromatic heterocycles. The van der Waals surface area contributed by atoms with Gasteiger partial charge in [-0.3, -0.25) is 16.0 Å². The molecule has 3 unspecified atom stereocenters. The largest absolute Gasteiger partial charge is 0.309 e. The summed E-state index contributed by atoms with van der Waals surface area (Å²) in [6.45, 7) is 0. The summed E-state index contributed by atoms with van der Waals surface area (Å²) in [5.41, 5.74) is 9.63. The van der Waals surface area contributed by atoms with Gasteiger partial charge in [0, 0.05) is 36.6 Å². The Hall–Kier alpha value is -5.56. The lowest BCUT2D eigenvalue weighted by Crippen LogP contribution is -2.54. The summed E-state index contributed by atoms with van der Waals surface area (Å²) in [5.74, 6) is 0. The van der Waals surface area contributed by atoms with Crippen LogP contribution in [0.3, 0.4) is 0 Å². The van der Waals surface area contributed by atoms with E-state index in [0.29, 0.717) is 0 Å². The first kappa shape index (κ1) is 29.4. The van der Waals surface area contributed by atoms with Crippen LogP contribution in [-0.2, 0) is 0 Å². The topological polar surface area (TPSA) is 41.0 Å². The van der Waals surface area contributed by atoms with Crippen LogP contribution < -0.4 is 16.0 Å². The molecule has 3 atom stereocenters. The molecule has 1 saturated heterocycles. The van der Waals surface area contributed by atoms with Crippen molar-refractivity contribution in [2.24, 2.45) is 0 Å². The van der Waals surface area contributed by atoms with E-state index < -0.39 is 0 Å². The summed E-state index contributed by atoms with van der Waals surface area (Å²) < 4.78 is 5.04. The number of fused-ring (bicyclic) bond motifs is 6. The van der Waals surface area contributed by atoms with Gasteiger partial charge in [-0.2, -0.15) is 0 Å². The molecule has 4 nitrogen and oxygen atoms in total. The van der Waals surface area contributed by atoms with Crippen molar-refractivity contribution in [3.63, 3.8) is 0 Å². The van der Waals surface area contributed by atoms with E-state index in [-0.39, 0.29) is 18.5 Å². The van der Waals surface area contributed by atoms with Gasteiger partial charge in [0.2, 0.25) is 0 Å². The van der Waals surface area contributed by atoms with Crippen LogP contribution in [0.2, 0.25) is 0 Å². The van der Waals surface area contributed by atoms with Crippen LogP contribution in [0.1, 0.15) is 35.2 Å². The number of benzene rings is 7. The zero-order valence-corrected chi connectivity index (χ0v) is 28.1. The Morgan fingerprint density at radius 1 is 0.380 bits per heavy atom. The number of aromatic nitrogens is 1. The molecule has 240 valence electrons. The van der Waals surface area contributed by atoms with Crippen LogP contribution >= 0.6 is 11.3 Å². The molecule has 10 rings (SSSR count). The predicted molar refractivity (Wildman–Crippen MR) is 210 cm³/mol. The van der Waals surface area contributed by atoms with Crippen LogP contribution in [0.25, 0.3) is 58.8 Å². The number of hydrogen-bond donors (Lipinski definition) is 3. The molecule has 0 amide bonds. The average molecular weight is 663 g/mol. The van der Waals surface area contributed by atoms with E-state index in [0.717, 1.165) is 5.69 Å². The second kappa shape index (κ2) is 12.1. The Morgan fingerprint density at radius 2 is 0.940 bits per heavy atom. The lowest BCUT2D eigenvalue weighted by molar-refractivity contribution is 0.203. The van der Waals surface area contributed by atoms with Gasteiger partial charge in [-0.05, 0) is 64.2 Å². The number of nitrogens with one attached hydrogen (secondary N) is 3. The molecule has 5 heteroatoms. The lowest BCUT2D eigenvalue weighted by atomic mass is 10.0. The van der Waals surface area contributed by atoms with E-state index in [9.17, 15) is 0 Å². The standard InChI is InChI=1S/C45H34N4S/c1-3-11-29(12-4-1)32-21-25-36-35-15-7-9-17-39(35)49(40(36)27-32)34-23-19-31(20-24-34)44-46-43(30-13-5-2-6-14-30)47-45(48-44)33-22-26-38-37-16-8-10-18-41(37)50-42(38)28-33/h1-28,43-48H. The number of thiophene rings is 1. The van der Waals surface area contributed by atoms with Crippen molar-refractivity contribution in [1.29, 1.82) is 0 Å². The van der Waals surface area contributed by atoms with Crippen molar-refractivity contribution in [1.82, 2.24) is 20.5 Å². The van der Waals surface area contributed by atoms with Crippen molar-refractivity contribution in [3.05, 3.63) is 187 Å². The summed E-state index contributed by atoms with van der Waals surface area (Å²) in [4.78, 5) is 0. The summed E-state index contributed by atoms with van der Waals surface area (Å²) in [6, 6.07) is 61.5. The molecular formula is C45H34N4S. The third kappa shape index (κ3) is 5.02. The number of nitrogens with zero attached hydrogens (tertiary/aromatic N) is 1. The highest BCUT2D eigenvalue weighted by molar-refractivity contribution is 7.25. The third-order valence-corrected chi connectivity index (χ3v) is 11.3. The van der Waals surface area contributed by atoms with E-state index in [1.807, 2.05) is 11.3 Å². The van der Waals surface area contributed by atoms with Gasteiger partial charge in [-0.25, -0.2) is 0 Å². The summed E-state index contributed by atoms with van der Waals surface area (Å²) in [6.07, 6.45) is -0.144. The summed E-state index contributed by atoms with van der Waals surface area (Å²) in [5, 5.41) is 16.8. The van der Waals surface area contributed by atoms with E-state index >= 15 is 0 Å². The molecule has 50 heavy (non-hydrogen) atoms. The Bertz CT molecular complexity index is 2640. The number of hydrogen-bond acceptors (Lipinski definition) is 4. The minimum atomic E-state index is -0.0681. The van der Waals surface area contributed by atoms with Gasteiger partial charge in [0.05, 0.1) is 29.5 Å². The predicted octanol–water partition coefficient (Wildman–Crippen LogP) is 11.0. The molecule has 0 aliphatic carbocycles. The fraction of sp³-hybridized carbons (Fsp3) is 0.0667. The summed E-state index contributed by atoms with van der Waals surface area (Å²) in [7, 11) is 0. The normalized spacial score (nSPS) is 18.0. The molecule has 0 radical (unpaired) electrons. The van der Waals surface area contributed by atoms with Gasteiger partial charge in [-0.15, -0.1) is 11.3 Å². The van der Waals surface area contributed by atoms with Gasteiger partial charge in [0.1, 0.15) is 0 Å². The Kier molecular flexibility index (Phi) is 7.10. The second-order valence-electron chi connectivity index (χ2n) is 13.1. The molecule has 1 aliphatic rings. The smallest absolute Gasteiger partial charge is 0.0865 e. The number of para-hydroxylation sites is 1. The minimum absolute atomic E-state index is 0.0287. The van der Waals surface area contributed by atoms with Crippen LogP contribution in [0.5, 0.6) is 0 Å². The fourth-order valence-corrected chi connectivity index (χ4v) is 8.82. The molecule has 1 fully saturated rings. The van der Waals surface area contributed by atoms with E-state index in [2.05, 4.69) is 190 Å². The quantitative estimate of drug-likeness (QED) is 0.172. The highest BCUT2D eigenvalue weighted by Crippen LogP contribution is 2.38. The number of rotatable bonds is 5. The first-order chi connectivity index (χ1) is 24.8. The molecule has 0 spiro atoms. The van der Waals surface area contributed by atoms with E-state index in [1.54, 1.807) is 0 Å². The maximum absolute atomic E-state index is 3.90. The molecule has 0 saturated carbocycles.